The maximum Gasteiger partial charge on any atom is 0.0465 e. The van der Waals surface area contributed by atoms with Crippen molar-refractivity contribution in [3.8, 4) is 0 Å². The number of rotatable bonds is 5. The third-order valence-corrected chi connectivity index (χ3v) is 7.10. The van der Waals surface area contributed by atoms with E-state index in [1.165, 1.54) is 56.2 Å². The number of hydrogen-bond acceptors (Lipinski definition) is 2. The van der Waals surface area contributed by atoms with Crippen LogP contribution >= 0.6 is 0 Å². The Hall–Kier alpha value is -1.64. The minimum atomic E-state index is 0.350. The number of aliphatic hydroxyl groups excluding tert-OH is 1. The van der Waals surface area contributed by atoms with E-state index in [1.54, 1.807) is 0 Å². The fourth-order valence-electron chi connectivity index (χ4n) is 5.65. The van der Waals surface area contributed by atoms with Crippen LogP contribution in [0.1, 0.15) is 55.6 Å². The minimum absolute atomic E-state index is 0.350. The molecule has 0 amide bonds. The number of benzene rings is 2. The summed E-state index contributed by atoms with van der Waals surface area (Å²) in [5.74, 6) is 0.916. The largest absolute Gasteiger partial charge is 0.396 e. The third-order valence-electron chi connectivity index (χ3n) is 7.10. The lowest BCUT2D eigenvalue weighted by Crippen LogP contribution is -2.50. The molecule has 1 saturated heterocycles. The van der Waals surface area contributed by atoms with Gasteiger partial charge >= 0.3 is 0 Å². The van der Waals surface area contributed by atoms with Crippen molar-refractivity contribution in [2.75, 3.05) is 26.2 Å². The van der Waals surface area contributed by atoms with E-state index in [2.05, 4.69) is 65.6 Å². The zero-order chi connectivity index (χ0) is 18.5. The second-order valence-corrected chi connectivity index (χ2v) is 8.70. The van der Waals surface area contributed by atoms with Crippen LogP contribution in [0.5, 0.6) is 0 Å². The average molecular weight is 364 g/mol. The normalized spacial score (nSPS) is 26.5. The van der Waals surface area contributed by atoms with E-state index in [-0.39, 0.29) is 0 Å². The summed E-state index contributed by atoms with van der Waals surface area (Å²) < 4.78 is 0. The van der Waals surface area contributed by atoms with Crippen molar-refractivity contribution in [2.45, 2.75) is 44.4 Å². The smallest absolute Gasteiger partial charge is 0.0465 e. The third kappa shape index (κ3) is 4.12. The Balaban J connectivity index is 1.56. The summed E-state index contributed by atoms with van der Waals surface area (Å²) in [5, 5.41) is 10.0. The van der Waals surface area contributed by atoms with Crippen molar-refractivity contribution in [1.82, 2.24) is 4.90 Å². The van der Waals surface area contributed by atoms with Gasteiger partial charge < -0.3 is 10.0 Å². The molecule has 2 aromatic rings. The quantitative estimate of drug-likeness (QED) is 0.800. The molecule has 1 spiro atoms. The van der Waals surface area contributed by atoms with Crippen LogP contribution in [-0.2, 0) is 0 Å². The van der Waals surface area contributed by atoms with Gasteiger partial charge in [-0.05, 0) is 54.7 Å². The second kappa shape index (κ2) is 8.58. The molecule has 144 valence electrons. The van der Waals surface area contributed by atoms with Crippen molar-refractivity contribution in [2.24, 2.45) is 11.3 Å². The maximum atomic E-state index is 10.0. The van der Waals surface area contributed by atoms with Gasteiger partial charge in [-0.3, -0.25) is 0 Å². The maximum absolute atomic E-state index is 10.0. The van der Waals surface area contributed by atoms with Crippen molar-refractivity contribution >= 4 is 0 Å². The molecule has 0 bridgehead atoms. The van der Waals surface area contributed by atoms with E-state index < -0.39 is 0 Å². The lowest BCUT2D eigenvalue weighted by Gasteiger charge is -2.50. The zero-order valence-corrected chi connectivity index (χ0v) is 16.4. The van der Waals surface area contributed by atoms with Gasteiger partial charge in [0.2, 0.25) is 0 Å². The molecule has 1 aliphatic heterocycles. The molecule has 1 saturated carbocycles. The van der Waals surface area contributed by atoms with Crippen LogP contribution in [0.25, 0.3) is 0 Å². The van der Waals surface area contributed by atoms with Crippen molar-refractivity contribution in [1.29, 1.82) is 0 Å². The van der Waals surface area contributed by atoms with Crippen molar-refractivity contribution in [3.05, 3.63) is 71.8 Å². The summed E-state index contributed by atoms with van der Waals surface area (Å²) in [6.07, 6.45) is 7.72. The molecule has 2 fully saturated rings. The van der Waals surface area contributed by atoms with Gasteiger partial charge in [0.05, 0.1) is 0 Å². The van der Waals surface area contributed by atoms with E-state index >= 15 is 0 Å². The lowest BCUT2D eigenvalue weighted by atomic mass is 9.62. The molecule has 0 aromatic heterocycles. The summed E-state index contributed by atoms with van der Waals surface area (Å²) in [6.45, 7) is 3.80. The molecular formula is C25H33NO. The first-order chi connectivity index (χ1) is 13.3. The highest BCUT2D eigenvalue weighted by Gasteiger charge is 2.43. The predicted molar refractivity (Wildman–Crippen MR) is 112 cm³/mol. The molecular weight excluding hydrogens is 330 g/mol. The van der Waals surface area contributed by atoms with Gasteiger partial charge in [-0.25, -0.2) is 0 Å². The van der Waals surface area contributed by atoms with Crippen LogP contribution in [0.15, 0.2) is 60.7 Å². The fraction of sp³-hybridized carbons (Fsp3) is 0.520. The van der Waals surface area contributed by atoms with E-state index in [4.69, 9.17) is 0 Å². The fourth-order valence-corrected chi connectivity index (χ4v) is 5.65. The van der Waals surface area contributed by atoms with Crippen molar-refractivity contribution in [3.63, 3.8) is 0 Å². The molecule has 2 atom stereocenters. The van der Waals surface area contributed by atoms with E-state index in [0.29, 0.717) is 23.9 Å². The van der Waals surface area contributed by atoms with E-state index in [0.717, 1.165) is 13.1 Å². The minimum Gasteiger partial charge on any atom is -0.396 e. The number of aliphatic hydroxyl groups is 1. The molecule has 2 aromatic carbocycles. The van der Waals surface area contributed by atoms with Gasteiger partial charge in [0.25, 0.3) is 0 Å². The Kier molecular flexibility index (Phi) is 5.95. The first-order valence-electron chi connectivity index (χ1n) is 10.7. The number of piperidine rings is 1. The molecule has 2 aliphatic rings. The predicted octanol–water partition coefficient (Wildman–Crippen LogP) is 5.08. The molecule has 1 aliphatic carbocycles. The molecule has 1 heterocycles. The number of nitrogens with zero attached hydrogens (tertiary/aromatic N) is 1. The van der Waals surface area contributed by atoms with Gasteiger partial charge in [-0.2, -0.15) is 0 Å². The molecule has 4 rings (SSSR count). The lowest BCUT2D eigenvalue weighted by molar-refractivity contribution is -0.0223. The zero-order valence-electron chi connectivity index (χ0n) is 16.4. The van der Waals surface area contributed by atoms with E-state index in [1.807, 2.05) is 0 Å². The first-order valence-corrected chi connectivity index (χ1v) is 10.7. The Morgan fingerprint density at radius 3 is 2.15 bits per heavy atom. The molecule has 2 heteroatoms. The molecule has 27 heavy (non-hydrogen) atoms. The topological polar surface area (TPSA) is 23.5 Å². The highest BCUT2D eigenvalue weighted by Crippen LogP contribution is 2.47. The van der Waals surface area contributed by atoms with Crippen LogP contribution in [0, 0.1) is 11.3 Å². The Morgan fingerprint density at radius 2 is 1.52 bits per heavy atom. The summed E-state index contributed by atoms with van der Waals surface area (Å²) in [6, 6.07) is 21.9. The van der Waals surface area contributed by atoms with Crippen LogP contribution < -0.4 is 0 Å². The average Bonchev–Trinajstić information content (AvgIpc) is 2.74. The molecule has 2 nitrogen and oxygen atoms in total. The van der Waals surface area contributed by atoms with Crippen LogP contribution in [0.3, 0.4) is 0 Å². The summed E-state index contributed by atoms with van der Waals surface area (Å²) in [5.41, 5.74) is 3.17. The summed E-state index contributed by atoms with van der Waals surface area (Å²) in [4.78, 5) is 2.70. The van der Waals surface area contributed by atoms with Gasteiger partial charge in [-0.15, -0.1) is 0 Å². The van der Waals surface area contributed by atoms with Crippen LogP contribution in [0.2, 0.25) is 0 Å². The van der Waals surface area contributed by atoms with Crippen molar-refractivity contribution < 1.29 is 5.11 Å². The van der Waals surface area contributed by atoms with Gasteiger partial charge in [-0.1, -0.05) is 73.5 Å². The van der Waals surface area contributed by atoms with Crippen LogP contribution in [-0.4, -0.2) is 36.2 Å². The molecule has 0 unspecified atom stereocenters. The standard InChI is InChI=1S/C25H33NO/c27-19-23-14-7-8-15-25(23)16-9-17-26(20-25)18-24(21-10-3-1-4-11-21)22-12-5-2-6-13-22/h1-6,10-13,23-24,27H,7-9,14-20H2/t23-,25-/m0/s1. The Bertz CT molecular complexity index is 657. The summed E-state index contributed by atoms with van der Waals surface area (Å²) >= 11 is 0. The summed E-state index contributed by atoms with van der Waals surface area (Å²) in [7, 11) is 0. The van der Waals surface area contributed by atoms with Gasteiger partial charge in [0, 0.05) is 25.6 Å². The SMILES string of the molecule is OC[C@@H]1CCCC[C@@]12CCCN(CC(c1ccccc1)c1ccccc1)C2. The Labute approximate surface area is 164 Å². The van der Waals surface area contributed by atoms with E-state index in [9.17, 15) is 5.11 Å². The van der Waals surface area contributed by atoms with Crippen LogP contribution in [0.4, 0.5) is 0 Å². The number of likely N-dealkylation sites (tertiary alicyclic amines) is 1. The van der Waals surface area contributed by atoms with Gasteiger partial charge in [0.15, 0.2) is 0 Å². The molecule has 0 radical (unpaired) electrons. The highest BCUT2D eigenvalue weighted by atomic mass is 16.3. The molecule has 1 N–H and O–H groups in total. The Morgan fingerprint density at radius 1 is 0.889 bits per heavy atom. The first kappa shape index (κ1) is 18.7. The highest BCUT2D eigenvalue weighted by molar-refractivity contribution is 5.32. The monoisotopic (exact) mass is 363 g/mol. The van der Waals surface area contributed by atoms with Gasteiger partial charge in [0.1, 0.15) is 0 Å². The number of hydrogen-bond donors (Lipinski definition) is 1. The second-order valence-electron chi connectivity index (χ2n) is 8.70.